The highest BCUT2D eigenvalue weighted by atomic mass is 35.5. The molecule has 6 nitrogen and oxygen atoms in total. The van der Waals surface area contributed by atoms with Gasteiger partial charge in [-0.2, -0.15) is 0 Å². The molecule has 8 heteroatoms. The van der Waals surface area contributed by atoms with Crippen LogP contribution in [0.4, 0.5) is 5.69 Å². The number of nitro groups is 1. The van der Waals surface area contributed by atoms with Gasteiger partial charge in [-0.1, -0.05) is 35.3 Å². The van der Waals surface area contributed by atoms with Crippen molar-refractivity contribution in [3.63, 3.8) is 0 Å². The molecular weight excluding hydrogens is 367 g/mol. The number of benzene rings is 2. The second kappa shape index (κ2) is 6.66. The molecule has 0 spiro atoms. The fourth-order valence-electron chi connectivity index (χ4n) is 2.23. The van der Waals surface area contributed by atoms with E-state index in [9.17, 15) is 14.9 Å². The number of halogens is 2. The highest BCUT2D eigenvalue weighted by Crippen LogP contribution is 2.26. The lowest BCUT2D eigenvalue weighted by atomic mass is 10.1. The molecule has 3 rings (SSSR count). The van der Waals surface area contributed by atoms with Crippen molar-refractivity contribution in [2.45, 2.75) is 6.92 Å². The lowest BCUT2D eigenvalue weighted by Crippen LogP contribution is -2.06. The maximum Gasteiger partial charge on any atom is 0.363 e. The summed E-state index contributed by atoms with van der Waals surface area (Å²) in [4.78, 5) is 26.7. The zero-order valence-corrected chi connectivity index (χ0v) is 14.3. The number of nitrogens with zero attached hydrogens (tertiary/aromatic N) is 2. The molecule has 0 N–H and O–H groups in total. The molecule has 1 aliphatic heterocycles. The first-order valence-electron chi connectivity index (χ1n) is 7.08. The summed E-state index contributed by atoms with van der Waals surface area (Å²) in [6, 6.07) is 9.38. The SMILES string of the molecule is Cc1ccc(C2=NC(=Cc3ccc(Cl)c(Cl)c3)C(=O)O2)cc1[N+](=O)[O-]. The van der Waals surface area contributed by atoms with Gasteiger partial charge in [-0.3, -0.25) is 10.1 Å². The van der Waals surface area contributed by atoms with E-state index in [0.29, 0.717) is 26.7 Å². The highest BCUT2D eigenvalue weighted by Gasteiger charge is 2.25. The van der Waals surface area contributed by atoms with Gasteiger partial charge in [-0.25, -0.2) is 9.79 Å². The molecule has 0 saturated carbocycles. The van der Waals surface area contributed by atoms with E-state index in [-0.39, 0.29) is 17.3 Å². The predicted octanol–water partition coefficient (Wildman–Crippen LogP) is 4.55. The van der Waals surface area contributed by atoms with Crippen LogP contribution in [-0.4, -0.2) is 16.8 Å². The zero-order chi connectivity index (χ0) is 18.1. The second-order valence-corrected chi connectivity index (χ2v) is 6.08. The van der Waals surface area contributed by atoms with Gasteiger partial charge in [0.2, 0.25) is 5.90 Å². The Kier molecular flexibility index (Phi) is 4.57. The van der Waals surface area contributed by atoms with Gasteiger partial charge in [0.25, 0.3) is 5.69 Å². The van der Waals surface area contributed by atoms with E-state index in [2.05, 4.69) is 4.99 Å². The topological polar surface area (TPSA) is 81.8 Å². The van der Waals surface area contributed by atoms with Gasteiger partial charge in [0.05, 0.1) is 15.0 Å². The molecular formula is C17H10Cl2N2O4. The molecule has 25 heavy (non-hydrogen) atoms. The predicted molar refractivity (Wildman–Crippen MR) is 94.9 cm³/mol. The van der Waals surface area contributed by atoms with Gasteiger partial charge in [0, 0.05) is 17.2 Å². The number of carbonyl (C=O) groups excluding carboxylic acids is 1. The summed E-state index contributed by atoms with van der Waals surface area (Å²) in [7, 11) is 0. The van der Waals surface area contributed by atoms with E-state index in [0.717, 1.165) is 0 Å². The smallest absolute Gasteiger partial charge is 0.363 e. The molecule has 0 unspecified atom stereocenters. The van der Waals surface area contributed by atoms with Crippen LogP contribution in [0.15, 0.2) is 47.1 Å². The molecule has 0 amide bonds. The Hall–Kier alpha value is -2.70. The van der Waals surface area contributed by atoms with Crippen molar-refractivity contribution in [2.24, 2.45) is 4.99 Å². The third kappa shape index (κ3) is 3.55. The van der Waals surface area contributed by atoms with Gasteiger partial charge in [0.15, 0.2) is 5.70 Å². The van der Waals surface area contributed by atoms with Crippen LogP contribution in [0.25, 0.3) is 6.08 Å². The number of esters is 1. The Balaban J connectivity index is 1.97. The number of rotatable bonds is 3. The van der Waals surface area contributed by atoms with Crippen molar-refractivity contribution >= 4 is 46.8 Å². The molecule has 0 saturated heterocycles. The summed E-state index contributed by atoms with van der Waals surface area (Å²) in [5.74, 6) is -0.635. The number of cyclic esters (lactones) is 1. The lowest BCUT2D eigenvalue weighted by Gasteiger charge is -2.01. The van der Waals surface area contributed by atoms with Crippen LogP contribution in [0.3, 0.4) is 0 Å². The average molecular weight is 377 g/mol. The first-order chi connectivity index (χ1) is 11.8. The summed E-state index contributed by atoms with van der Waals surface area (Å²) in [6.45, 7) is 1.62. The Morgan fingerprint density at radius 3 is 2.60 bits per heavy atom. The van der Waals surface area contributed by atoms with Crippen molar-refractivity contribution in [2.75, 3.05) is 0 Å². The van der Waals surface area contributed by atoms with E-state index in [1.165, 1.54) is 12.1 Å². The van der Waals surface area contributed by atoms with Crippen molar-refractivity contribution in [1.29, 1.82) is 0 Å². The standard InChI is InChI=1S/C17H10Cl2N2O4/c1-9-2-4-11(8-15(9)21(23)24)16-20-14(17(22)25-16)7-10-3-5-12(18)13(19)6-10/h2-8H,1H3. The summed E-state index contributed by atoms with van der Waals surface area (Å²) < 4.78 is 5.12. The molecule has 0 aromatic heterocycles. The normalized spacial score (nSPS) is 15.2. The van der Waals surface area contributed by atoms with E-state index in [4.69, 9.17) is 27.9 Å². The van der Waals surface area contributed by atoms with Crippen LogP contribution in [0.5, 0.6) is 0 Å². The summed E-state index contributed by atoms with van der Waals surface area (Å²) in [5.41, 5.74) is 1.48. The minimum Gasteiger partial charge on any atom is -0.402 e. The van der Waals surface area contributed by atoms with Gasteiger partial charge >= 0.3 is 5.97 Å². The number of hydrogen-bond acceptors (Lipinski definition) is 5. The molecule has 2 aromatic rings. The Bertz CT molecular complexity index is 967. The zero-order valence-electron chi connectivity index (χ0n) is 12.8. The summed E-state index contributed by atoms with van der Waals surface area (Å²) in [6.07, 6.45) is 1.50. The molecule has 1 heterocycles. The molecule has 0 aliphatic carbocycles. The van der Waals surface area contributed by atoms with Crippen LogP contribution >= 0.6 is 23.2 Å². The largest absolute Gasteiger partial charge is 0.402 e. The van der Waals surface area contributed by atoms with E-state index >= 15 is 0 Å². The van der Waals surface area contributed by atoms with Gasteiger partial charge in [-0.05, 0) is 36.8 Å². The highest BCUT2D eigenvalue weighted by molar-refractivity contribution is 6.42. The maximum atomic E-state index is 12.0. The van der Waals surface area contributed by atoms with Gasteiger partial charge in [-0.15, -0.1) is 0 Å². The van der Waals surface area contributed by atoms with Crippen LogP contribution < -0.4 is 0 Å². The minimum atomic E-state index is -0.649. The number of hydrogen-bond donors (Lipinski definition) is 0. The monoisotopic (exact) mass is 376 g/mol. The van der Waals surface area contributed by atoms with Crippen LogP contribution in [0, 0.1) is 17.0 Å². The molecule has 0 fully saturated rings. The van der Waals surface area contributed by atoms with Gasteiger partial charge < -0.3 is 4.74 Å². The number of ether oxygens (including phenoxy) is 1. The Morgan fingerprint density at radius 1 is 1.16 bits per heavy atom. The number of nitro benzene ring substituents is 1. The van der Waals surface area contributed by atoms with Crippen molar-refractivity contribution in [1.82, 2.24) is 0 Å². The number of aryl methyl sites for hydroxylation is 1. The third-order valence-corrected chi connectivity index (χ3v) is 4.26. The first-order valence-corrected chi connectivity index (χ1v) is 7.84. The summed E-state index contributed by atoms with van der Waals surface area (Å²) >= 11 is 11.8. The van der Waals surface area contributed by atoms with Crippen molar-refractivity contribution < 1.29 is 14.5 Å². The molecule has 1 aliphatic rings. The maximum absolute atomic E-state index is 12.0. The van der Waals surface area contributed by atoms with Gasteiger partial charge in [0.1, 0.15) is 0 Å². The second-order valence-electron chi connectivity index (χ2n) is 5.27. The summed E-state index contributed by atoms with van der Waals surface area (Å²) in [5, 5.41) is 11.8. The molecule has 2 aromatic carbocycles. The fourth-order valence-corrected chi connectivity index (χ4v) is 2.54. The van der Waals surface area contributed by atoms with Crippen molar-refractivity contribution in [3.8, 4) is 0 Å². The molecule has 0 radical (unpaired) electrons. The average Bonchev–Trinajstić information content (AvgIpc) is 2.92. The number of aliphatic imine (C=N–C) groups is 1. The van der Waals surface area contributed by atoms with Crippen LogP contribution in [0.1, 0.15) is 16.7 Å². The molecule has 0 atom stereocenters. The third-order valence-electron chi connectivity index (χ3n) is 3.52. The van der Waals surface area contributed by atoms with E-state index in [1.54, 1.807) is 37.3 Å². The Labute approximate surface area is 152 Å². The first kappa shape index (κ1) is 17.1. The van der Waals surface area contributed by atoms with E-state index < -0.39 is 10.9 Å². The van der Waals surface area contributed by atoms with E-state index in [1.807, 2.05) is 0 Å². The lowest BCUT2D eigenvalue weighted by molar-refractivity contribution is -0.385. The van der Waals surface area contributed by atoms with Crippen molar-refractivity contribution in [3.05, 3.63) is 78.9 Å². The van der Waals surface area contributed by atoms with Crippen LogP contribution in [0.2, 0.25) is 10.0 Å². The molecule has 0 bridgehead atoms. The fraction of sp³-hybridized carbons (Fsp3) is 0.0588. The Morgan fingerprint density at radius 2 is 1.92 bits per heavy atom. The quantitative estimate of drug-likeness (QED) is 0.340. The van der Waals surface area contributed by atoms with Crippen LogP contribution in [-0.2, 0) is 9.53 Å². The molecule has 126 valence electrons. The number of carbonyl (C=O) groups is 1. The minimum absolute atomic E-state index is 0.0133.